The highest BCUT2D eigenvalue weighted by atomic mass is 16.5. The van der Waals surface area contributed by atoms with E-state index in [4.69, 9.17) is 15.2 Å². The van der Waals surface area contributed by atoms with Gasteiger partial charge in [-0.3, -0.25) is 4.90 Å². The van der Waals surface area contributed by atoms with Crippen LogP contribution in [0.4, 0.5) is 0 Å². The Morgan fingerprint density at radius 3 is 2.57 bits per heavy atom. The Balaban J connectivity index is 2.20. The van der Waals surface area contributed by atoms with E-state index in [9.17, 15) is 0 Å². The highest BCUT2D eigenvalue weighted by molar-refractivity contribution is 5.43. The highest BCUT2D eigenvalue weighted by Crippen LogP contribution is 2.34. The Labute approximate surface area is 128 Å². The van der Waals surface area contributed by atoms with Gasteiger partial charge in [0.1, 0.15) is 0 Å². The molecule has 1 saturated heterocycles. The first-order chi connectivity index (χ1) is 10.1. The lowest BCUT2D eigenvalue weighted by Gasteiger charge is -2.41. The van der Waals surface area contributed by atoms with Gasteiger partial charge in [0.15, 0.2) is 11.5 Å². The fourth-order valence-corrected chi connectivity index (χ4v) is 3.25. The first-order valence-corrected chi connectivity index (χ1v) is 7.78. The van der Waals surface area contributed by atoms with Crippen molar-refractivity contribution >= 4 is 0 Å². The molecule has 3 unspecified atom stereocenters. The Hall–Kier alpha value is -1.26. The molecule has 1 heterocycles. The van der Waals surface area contributed by atoms with E-state index in [1.807, 2.05) is 6.07 Å². The number of ether oxygens (including phenoxy) is 2. The van der Waals surface area contributed by atoms with Crippen molar-refractivity contribution in [3.05, 3.63) is 23.8 Å². The first kappa shape index (κ1) is 16.1. The minimum atomic E-state index is 0.356. The molecule has 0 aromatic heterocycles. The molecule has 0 radical (unpaired) electrons. The summed E-state index contributed by atoms with van der Waals surface area (Å²) in [5, 5.41) is 0. The van der Waals surface area contributed by atoms with E-state index in [-0.39, 0.29) is 0 Å². The summed E-state index contributed by atoms with van der Waals surface area (Å²) in [6, 6.07) is 7.15. The van der Waals surface area contributed by atoms with Gasteiger partial charge in [0.05, 0.1) is 14.2 Å². The summed E-state index contributed by atoms with van der Waals surface area (Å²) in [5.41, 5.74) is 7.13. The summed E-state index contributed by atoms with van der Waals surface area (Å²) in [7, 11) is 3.35. The van der Waals surface area contributed by atoms with Crippen LogP contribution in [0.15, 0.2) is 18.2 Å². The predicted octanol–water partition coefficient (Wildman–Crippen LogP) is 2.82. The molecule has 2 N–H and O–H groups in total. The van der Waals surface area contributed by atoms with Crippen molar-refractivity contribution in [1.29, 1.82) is 0 Å². The number of hydrogen-bond donors (Lipinski definition) is 1. The number of likely N-dealkylation sites (tertiary alicyclic amines) is 1. The van der Waals surface area contributed by atoms with Gasteiger partial charge >= 0.3 is 0 Å². The van der Waals surface area contributed by atoms with Gasteiger partial charge in [-0.1, -0.05) is 6.07 Å². The van der Waals surface area contributed by atoms with Gasteiger partial charge in [-0.15, -0.1) is 0 Å². The standard InChI is InChI=1S/C17H28N2O2/c1-12-5-6-14(10-18)11-19(12)13(2)15-7-8-16(20-3)17(9-15)21-4/h7-9,12-14H,5-6,10-11,18H2,1-4H3. The molecule has 118 valence electrons. The fourth-order valence-electron chi connectivity index (χ4n) is 3.25. The van der Waals surface area contributed by atoms with E-state index in [2.05, 4.69) is 30.9 Å². The molecule has 0 amide bonds. The Morgan fingerprint density at radius 1 is 1.24 bits per heavy atom. The Bertz CT molecular complexity index is 464. The number of benzene rings is 1. The van der Waals surface area contributed by atoms with Crippen LogP contribution in [0.2, 0.25) is 0 Å². The van der Waals surface area contributed by atoms with E-state index in [1.165, 1.54) is 18.4 Å². The van der Waals surface area contributed by atoms with Gasteiger partial charge in [0.25, 0.3) is 0 Å². The topological polar surface area (TPSA) is 47.7 Å². The molecule has 0 saturated carbocycles. The predicted molar refractivity (Wildman–Crippen MR) is 85.9 cm³/mol. The zero-order valence-corrected chi connectivity index (χ0v) is 13.6. The van der Waals surface area contributed by atoms with Crippen molar-refractivity contribution in [2.45, 2.75) is 38.8 Å². The van der Waals surface area contributed by atoms with Crippen LogP contribution in [0.25, 0.3) is 0 Å². The number of piperidine rings is 1. The largest absolute Gasteiger partial charge is 0.493 e. The molecule has 2 rings (SSSR count). The van der Waals surface area contributed by atoms with E-state index in [1.54, 1.807) is 14.2 Å². The van der Waals surface area contributed by atoms with Gasteiger partial charge in [0, 0.05) is 18.6 Å². The molecular weight excluding hydrogens is 264 g/mol. The molecule has 4 heteroatoms. The lowest BCUT2D eigenvalue weighted by Crippen LogP contribution is -2.44. The van der Waals surface area contributed by atoms with E-state index in [0.29, 0.717) is 18.0 Å². The van der Waals surface area contributed by atoms with Crippen molar-refractivity contribution in [2.75, 3.05) is 27.3 Å². The van der Waals surface area contributed by atoms with Crippen molar-refractivity contribution in [3.63, 3.8) is 0 Å². The van der Waals surface area contributed by atoms with Gasteiger partial charge < -0.3 is 15.2 Å². The molecule has 4 nitrogen and oxygen atoms in total. The quantitative estimate of drug-likeness (QED) is 0.906. The van der Waals surface area contributed by atoms with Crippen molar-refractivity contribution in [3.8, 4) is 11.5 Å². The van der Waals surface area contributed by atoms with Gasteiger partial charge in [-0.2, -0.15) is 0 Å². The third kappa shape index (κ3) is 3.50. The van der Waals surface area contributed by atoms with E-state index < -0.39 is 0 Å². The van der Waals surface area contributed by atoms with Crippen molar-refractivity contribution in [2.24, 2.45) is 11.7 Å². The van der Waals surface area contributed by atoms with Crippen molar-refractivity contribution < 1.29 is 9.47 Å². The number of nitrogens with zero attached hydrogens (tertiary/aromatic N) is 1. The van der Waals surface area contributed by atoms with Crippen LogP contribution in [0.1, 0.15) is 38.3 Å². The first-order valence-electron chi connectivity index (χ1n) is 7.78. The summed E-state index contributed by atoms with van der Waals surface area (Å²) in [6.07, 6.45) is 2.46. The average Bonchev–Trinajstić information content (AvgIpc) is 2.54. The summed E-state index contributed by atoms with van der Waals surface area (Å²) < 4.78 is 10.7. The number of methoxy groups -OCH3 is 2. The molecule has 3 atom stereocenters. The molecule has 1 aromatic rings. The molecule has 0 bridgehead atoms. The molecule has 0 aliphatic carbocycles. The van der Waals surface area contributed by atoms with Crippen molar-refractivity contribution in [1.82, 2.24) is 4.90 Å². The molecule has 1 aromatic carbocycles. The maximum atomic E-state index is 5.87. The van der Waals surface area contributed by atoms with Crippen LogP contribution in [0, 0.1) is 5.92 Å². The van der Waals surface area contributed by atoms with Crippen LogP contribution in [0.3, 0.4) is 0 Å². The normalized spacial score (nSPS) is 24.6. The third-order valence-electron chi connectivity index (χ3n) is 4.75. The molecule has 1 fully saturated rings. The smallest absolute Gasteiger partial charge is 0.161 e. The summed E-state index contributed by atoms with van der Waals surface area (Å²) in [5.74, 6) is 2.19. The van der Waals surface area contributed by atoms with Crippen LogP contribution in [-0.4, -0.2) is 38.3 Å². The van der Waals surface area contributed by atoms with Gasteiger partial charge in [-0.05, 0) is 56.8 Å². The average molecular weight is 292 g/mol. The van der Waals surface area contributed by atoms with Gasteiger partial charge in [-0.25, -0.2) is 0 Å². The van der Waals surface area contributed by atoms with E-state index in [0.717, 1.165) is 24.6 Å². The van der Waals surface area contributed by atoms with Crippen LogP contribution in [-0.2, 0) is 0 Å². The Morgan fingerprint density at radius 2 is 1.95 bits per heavy atom. The second kappa shape index (κ2) is 7.14. The van der Waals surface area contributed by atoms with Crippen LogP contribution >= 0.6 is 0 Å². The second-order valence-electron chi connectivity index (χ2n) is 6.02. The SMILES string of the molecule is COc1ccc(C(C)N2CC(CN)CCC2C)cc1OC. The maximum absolute atomic E-state index is 5.87. The minimum Gasteiger partial charge on any atom is -0.493 e. The summed E-state index contributed by atoms with van der Waals surface area (Å²) in [6.45, 7) is 6.43. The van der Waals surface area contributed by atoms with Crippen LogP contribution < -0.4 is 15.2 Å². The monoisotopic (exact) mass is 292 g/mol. The molecular formula is C17H28N2O2. The highest BCUT2D eigenvalue weighted by Gasteiger charge is 2.29. The second-order valence-corrected chi connectivity index (χ2v) is 6.02. The summed E-state index contributed by atoms with van der Waals surface area (Å²) in [4.78, 5) is 2.56. The maximum Gasteiger partial charge on any atom is 0.161 e. The zero-order chi connectivity index (χ0) is 15.4. The van der Waals surface area contributed by atoms with E-state index >= 15 is 0 Å². The minimum absolute atomic E-state index is 0.356. The van der Waals surface area contributed by atoms with Crippen LogP contribution in [0.5, 0.6) is 11.5 Å². The van der Waals surface area contributed by atoms with Gasteiger partial charge in [0.2, 0.25) is 0 Å². The number of hydrogen-bond acceptors (Lipinski definition) is 4. The zero-order valence-electron chi connectivity index (χ0n) is 13.6. The number of nitrogens with two attached hydrogens (primary N) is 1. The number of rotatable bonds is 5. The lowest BCUT2D eigenvalue weighted by molar-refractivity contribution is 0.0811. The Kier molecular flexibility index (Phi) is 5.48. The molecule has 1 aliphatic rings. The molecule has 21 heavy (non-hydrogen) atoms. The fraction of sp³-hybridized carbons (Fsp3) is 0.647. The molecule has 0 spiro atoms. The molecule has 1 aliphatic heterocycles. The summed E-state index contributed by atoms with van der Waals surface area (Å²) >= 11 is 0. The third-order valence-corrected chi connectivity index (χ3v) is 4.75. The lowest BCUT2D eigenvalue weighted by atomic mass is 9.91.